The Balaban J connectivity index is 2.33. The van der Waals surface area contributed by atoms with Crippen molar-refractivity contribution in [3.05, 3.63) is 0 Å². The first-order valence-electron chi connectivity index (χ1n) is 5.98. The molecule has 0 aromatic rings. The average Bonchev–Trinajstić information content (AvgIpc) is 2.31. The summed E-state index contributed by atoms with van der Waals surface area (Å²) in [6, 6.07) is 0. The summed E-state index contributed by atoms with van der Waals surface area (Å²) < 4.78 is 10.9. The van der Waals surface area contributed by atoms with Crippen LogP contribution >= 0.6 is 0 Å². The molecule has 0 amide bonds. The highest BCUT2D eigenvalue weighted by Gasteiger charge is 2.17. The largest absolute Gasteiger partial charge is 0.462 e. The first-order chi connectivity index (χ1) is 7.20. The molecule has 1 aliphatic heterocycles. The summed E-state index contributed by atoms with van der Waals surface area (Å²) in [5.74, 6) is -0.113. The number of hydrogen-bond acceptors (Lipinski definition) is 3. The van der Waals surface area contributed by atoms with Crippen LogP contribution in [0, 0.1) is 5.92 Å². The van der Waals surface area contributed by atoms with E-state index in [0.717, 1.165) is 38.9 Å². The minimum absolute atomic E-state index is 0.0291. The predicted octanol–water partition coefficient (Wildman–Crippen LogP) is 2.53. The number of esters is 1. The molecule has 1 saturated heterocycles. The monoisotopic (exact) mass is 214 g/mol. The molecule has 3 heteroatoms. The standard InChI is InChI=1S/C12H22O3/c1-10(2)12(13)15-11-6-4-3-5-8-14-9-7-11/h10-11H,3-9H2,1-2H3. The van der Waals surface area contributed by atoms with Crippen molar-refractivity contribution in [2.45, 2.75) is 52.1 Å². The molecule has 1 heterocycles. The Morgan fingerprint density at radius 1 is 1.20 bits per heavy atom. The Morgan fingerprint density at radius 3 is 2.73 bits per heavy atom. The van der Waals surface area contributed by atoms with Gasteiger partial charge in [-0.3, -0.25) is 4.79 Å². The minimum Gasteiger partial charge on any atom is -0.462 e. The molecule has 1 rings (SSSR count). The molecule has 0 radical (unpaired) electrons. The molecule has 0 spiro atoms. The van der Waals surface area contributed by atoms with Gasteiger partial charge in [0.15, 0.2) is 0 Å². The molecule has 15 heavy (non-hydrogen) atoms. The Kier molecular flexibility index (Phi) is 5.69. The van der Waals surface area contributed by atoms with Gasteiger partial charge in [-0.15, -0.1) is 0 Å². The molecule has 1 atom stereocenters. The molecular formula is C12H22O3. The lowest BCUT2D eigenvalue weighted by Gasteiger charge is -2.18. The molecule has 3 nitrogen and oxygen atoms in total. The molecule has 88 valence electrons. The predicted molar refractivity (Wildman–Crippen MR) is 58.6 cm³/mol. The van der Waals surface area contributed by atoms with Crippen molar-refractivity contribution in [2.24, 2.45) is 5.92 Å². The van der Waals surface area contributed by atoms with Crippen molar-refractivity contribution >= 4 is 5.97 Å². The maximum absolute atomic E-state index is 11.4. The van der Waals surface area contributed by atoms with Crippen LogP contribution in [0.15, 0.2) is 0 Å². The number of carbonyl (C=O) groups excluding carboxylic acids is 1. The average molecular weight is 214 g/mol. The Bertz CT molecular complexity index is 179. The van der Waals surface area contributed by atoms with Crippen molar-refractivity contribution in [2.75, 3.05) is 13.2 Å². The van der Waals surface area contributed by atoms with Crippen LogP contribution in [-0.4, -0.2) is 25.3 Å². The first-order valence-corrected chi connectivity index (χ1v) is 5.98. The van der Waals surface area contributed by atoms with Crippen molar-refractivity contribution in [1.82, 2.24) is 0 Å². The maximum atomic E-state index is 11.4. The van der Waals surface area contributed by atoms with Crippen LogP contribution in [0.4, 0.5) is 0 Å². The summed E-state index contributed by atoms with van der Waals surface area (Å²) in [4.78, 5) is 11.4. The molecule has 0 N–H and O–H groups in total. The van der Waals surface area contributed by atoms with Crippen LogP contribution in [0.3, 0.4) is 0 Å². The molecule has 0 bridgehead atoms. The Labute approximate surface area is 92.1 Å². The van der Waals surface area contributed by atoms with Crippen LogP contribution in [0.5, 0.6) is 0 Å². The molecular weight excluding hydrogens is 192 g/mol. The zero-order chi connectivity index (χ0) is 11.1. The molecule has 0 aromatic heterocycles. The number of rotatable bonds is 2. The van der Waals surface area contributed by atoms with E-state index in [0.29, 0.717) is 0 Å². The van der Waals surface area contributed by atoms with E-state index in [1.807, 2.05) is 13.8 Å². The van der Waals surface area contributed by atoms with Crippen LogP contribution < -0.4 is 0 Å². The van der Waals surface area contributed by atoms with Gasteiger partial charge in [-0.2, -0.15) is 0 Å². The highest BCUT2D eigenvalue weighted by Crippen LogP contribution is 2.14. The van der Waals surface area contributed by atoms with E-state index in [1.54, 1.807) is 0 Å². The van der Waals surface area contributed by atoms with Gasteiger partial charge in [-0.1, -0.05) is 20.3 Å². The summed E-state index contributed by atoms with van der Waals surface area (Å²) in [6.07, 6.45) is 5.35. The normalized spacial score (nSPS) is 24.1. The fourth-order valence-corrected chi connectivity index (χ4v) is 1.63. The van der Waals surface area contributed by atoms with Gasteiger partial charge in [0, 0.05) is 13.0 Å². The molecule has 0 saturated carbocycles. The van der Waals surface area contributed by atoms with Crippen LogP contribution in [0.2, 0.25) is 0 Å². The fourth-order valence-electron chi connectivity index (χ4n) is 1.63. The van der Waals surface area contributed by atoms with Gasteiger partial charge in [0.1, 0.15) is 6.10 Å². The minimum atomic E-state index is -0.0840. The number of carbonyl (C=O) groups is 1. The van der Waals surface area contributed by atoms with E-state index in [1.165, 1.54) is 6.42 Å². The summed E-state index contributed by atoms with van der Waals surface area (Å²) in [5.41, 5.74) is 0. The van der Waals surface area contributed by atoms with Gasteiger partial charge < -0.3 is 9.47 Å². The number of ether oxygens (including phenoxy) is 2. The fraction of sp³-hybridized carbons (Fsp3) is 0.917. The maximum Gasteiger partial charge on any atom is 0.308 e. The van der Waals surface area contributed by atoms with Gasteiger partial charge in [-0.25, -0.2) is 0 Å². The molecule has 1 aliphatic rings. The van der Waals surface area contributed by atoms with Gasteiger partial charge in [0.05, 0.1) is 12.5 Å². The highest BCUT2D eigenvalue weighted by atomic mass is 16.5. The van der Waals surface area contributed by atoms with Gasteiger partial charge in [0.2, 0.25) is 0 Å². The quantitative estimate of drug-likeness (QED) is 0.663. The zero-order valence-corrected chi connectivity index (χ0v) is 9.83. The van der Waals surface area contributed by atoms with Crippen molar-refractivity contribution < 1.29 is 14.3 Å². The first kappa shape index (κ1) is 12.5. The highest BCUT2D eigenvalue weighted by molar-refractivity contribution is 5.71. The lowest BCUT2D eigenvalue weighted by atomic mass is 10.1. The second-order valence-electron chi connectivity index (χ2n) is 4.46. The van der Waals surface area contributed by atoms with E-state index < -0.39 is 0 Å². The summed E-state index contributed by atoms with van der Waals surface area (Å²) >= 11 is 0. The smallest absolute Gasteiger partial charge is 0.308 e. The van der Waals surface area contributed by atoms with Crippen molar-refractivity contribution in [3.63, 3.8) is 0 Å². The second kappa shape index (κ2) is 6.83. The van der Waals surface area contributed by atoms with Crippen LogP contribution in [0.1, 0.15) is 46.0 Å². The SMILES string of the molecule is CC(C)C(=O)OC1CCCCCOCC1. The lowest BCUT2D eigenvalue weighted by Crippen LogP contribution is -2.22. The van der Waals surface area contributed by atoms with E-state index in [9.17, 15) is 4.79 Å². The van der Waals surface area contributed by atoms with Gasteiger partial charge >= 0.3 is 5.97 Å². The van der Waals surface area contributed by atoms with Crippen LogP contribution in [-0.2, 0) is 14.3 Å². The third-order valence-corrected chi connectivity index (χ3v) is 2.65. The second-order valence-corrected chi connectivity index (χ2v) is 4.46. The summed E-state index contributed by atoms with van der Waals surface area (Å²) in [5, 5.41) is 0. The summed E-state index contributed by atoms with van der Waals surface area (Å²) in [6.45, 7) is 5.31. The number of hydrogen-bond donors (Lipinski definition) is 0. The molecule has 1 unspecified atom stereocenters. The van der Waals surface area contributed by atoms with Gasteiger partial charge in [-0.05, 0) is 19.3 Å². The van der Waals surface area contributed by atoms with E-state index in [-0.39, 0.29) is 18.0 Å². The molecule has 0 aliphatic carbocycles. The zero-order valence-electron chi connectivity index (χ0n) is 9.83. The van der Waals surface area contributed by atoms with Crippen molar-refractivity contribution in [3.8, 4) is 0 Å². The Morgan fingerprint density at radius 2 is 2.00 bits per heavy atom. The van der Waals surface area contributed by atoms with E-state index >= 15 is 0 Å². The summed E-state index contributed by atoms with van der Waals surface area (Å²) in [7, 11) is 0. The van der Waals surface area contributed by atoms with Gasteiger partial charge in [0.25, 0.3) is 0 Å². The third-order valence-electron chi connectivity index (χ3n) is 2.65. The van der Waals surface area contributed by atoms with Crippen molar-refractivity contribution in [1.29, 1.82) is 0 Å². The molecule has 0 aromatic carbocycles. The van der Waals surface area contributed by atoms with E-state index in [2.05, 4.69) is 0 Å². The van der Waals surface area contributed by atoms with Crippen LogP contribution in [0.25, 0.3) is 0 Å². The Hall–Kier alpha value is -0.570. The molecule has 1 fully saturated rings. The third kappa shape index (κ3) is 5.17. The lowest BCUT2D eigenvalue weighted by molar-refractivity contribution is -0.154. The topological polar surface area (TPSA) is 35.5 Å². The van der Waals surface area contributed by atoms with E-state index in [4.69, 9.17) is 9.47 Å².